The van der Waals surface area contributed by atoms with Crippen LogP contribution in [0.4, 0.5) is 10.5 Å². The van der Waals surface area contributed by atoms with Crippen molar-refractivity contribution in [2.75, 3.05) is 18.4 Å². The fourth-order valence-corrected chi connectivity index (χ4v) is 2.81. The number of aliphatic carboxylic acids is 1. The summed E-state index contributed by atoms with van der Waals surface area (Å²) in [7, 11) is 1.81. The average Bonchev–Trinajstić information content (AvgIpc) is 3.16. The van der Waals surface area contributed by atoms with Crippen molar-refractivity contribution in [1.29, 1.82) is 0 Å². The van der Waals surface area contributed by atoms with Gasteiger partial charge in [-0.05, 0) is 6.42 Å². The topological polar surface area (TPSA) is 87.5 Å². The number of hydrogen-bond acceptors (Lipinski definition) is 3. The van der Waals surface area contributed by atoms with E-state index in [-0.39, 0.29) is 12.6 Å². The molecule has 1 unspecified atom stereocenters. The fourth-order valence-electron chi connectivity index (χ4n) is 2.81. The number of anilines is 1. The highest BCUT2D eigenvalue weighted by Gasteiger charge is 2.31. The van der Waals surface area contributed by atoms with Crippen molar-refractivity contribution in [2.45, 2.75) is 6.42 Å². The Labute approximate surface area is 133 Å². The van der Waals surface area contributed by atoms with Gasteiger partial charge in [0.25, 0.3) is 0 Å². The van der Waals surface area contributed by atoms with Crippen LogP contribution in [0.1, 0.15) is 6.42 Å². The van der Waals surface area contributed by atoms with Crippen LogP contribution in [0, 0.1) is 5.92 Å². The van der Waals surface area contributed by atoms with Crippen molar-refractivity contribution in [1.82, 2.24) is 14.7 Å². The SMILES string of the molecule is Cn1ncc(NC(=O)N2CCC(C(=O)O)C2)c1-c1ccccc1. The molecule has 1 fully saturated rings. The minimum atomic E-state index is -0.855. The maximum atomic E-state index is 12.4. The maximum absolute atomic E-state index is 12.4. The Hall–Kier alpha value is -2.83. The molecule has 23 heavy (non-hydrogen) atoms. The van der Waals surface area contributed by atoms with Gasteiger partial charge < -0.3 is 15.3 Å². The largest absolute Gasteiger partial charge is 0.481 e. The zero-order valence-electron chi connectivity index (χ0n) is 12.8. The lowest BCUT2D eigenvalue weighted by atomic mass is 10.1. The van der Waals surface area contributed by atoms with Crippen molar-refractivity contribution in [3.05, 3.63) is 36.5 Å². The molecular weight excluding hydrogens is 296 g/mol. The molecule has 1 aromatic heterocycles. The van der Waals surface area contributed by atoms with Crippen molar-refractivity contribution >= 4 is 17.7 Å². The second kappa shape index (κ2) is 6.12. The van der Waals surface area contributed by atoms with Crippen LogP contribution >= 0.6 is 0 Å². The summed E-state index contributed by atoms with van der Waals surface area (Å²) in [5, 5.41) is 16.1. The van der Waals surface area contributed by atoms with Gasteiger partial charge >= 0.3 is 12.0 Å². The number of nitrogens with one attached hydrogen (secondary N) is 1. The molecule has 2 aromatic rings. The quantitative estimate of drug-likeness (QED) is 0.907. The summed E-state index contributed by atoms with van der Waals surface area (Å²) in [6, 6.07) is 9.37. The molecule has 7 heteroatoms. The molecule has 0 spiro atoms. The molecule has 120 valence electrons. The lowest BCUT2D eigenvalue weighted by molar-refractivity contribution is -0.141. The zero-order chi connectivity index (χ0) is 16.4. The van der Waals surface area contributed by atoms with E-state index in [1.54, 1.807) is 10.9 Å². The van der Waals surface area contributed by atoms with Crippen LogP contribution < -0.4 is 5.32 Å². The Morgan fingerprint density at radius 1 is 1.30 bits per heavy atom. The lowest BCUT2D eigenvalue weighted by Gasteiger charge is -2.17. The number of amides is 2. The molecule has 1 aliphatic rings. The van der Waals surface area contributed by atoms with Crippen LogP contribution in [-0.4, -0.2) is 44.9 Å². The van der Waals surface area contributed by atoms with Gasteiger partial charge in [-0.3, -0.25) is 9.48 Å². The summed E-state index contributed by atoms with van der Waals surface area (Å²) in [5.74, 6) is -1.34. The van der Waals surface area contributed by atoms with E-state index in [0.717, 1.165) is 11.3 Å². The van der Waals surface area contributed by atoms with Gasteiger partial charge in [-0.15, -0.1) is 0 Å². The number of carbonyl (C=O) groups is 2. The lowest BCUT2D eigenvalue weighted by Crippen LogP contribution is -2.33. The predicted molar refractivity (Wildman–Crippen MR) is 85.0 cm³/mol. The Morgan fingerprint density at radius 3 is 2.70 bits per heavy atom. The summed E-state index contributed by atoms with van der Waals surface area (Å²) in [6.45, 7) is 0.686. The molecule has 1 atom stereocenters. The predicted octanol–water partition coefficient (Wildman–Crippen LogP) is 2.03. The number of rotatable bonds is 3. The summed E-state index contributed by atoms with van der Waals surface area (Å²) in [4.78, 5) is 24.9. The number of carbonyl (C=O) groups excluding carboxylic acids is 1. The van der Waals surface area contributed by atoms with Gasteiger partial charge in [-0.1, -0.05) is 30.3 Å². The van der Waals surface area contributed by atoms with Crippen molar-refractivity contribution in [3.8, 4) is 11.3 Å². The summed E-state index contributed by atoms with van der Waals surface area (Å²) < 4.78 is 1.70. The Bertz CT molecular complexity index is 726. The van der Waals surface area contributed by atoms with Crippen LogP contribution in [-0.2, 0) is 11.8 Å². The van der Waals surface area contributed by atoms with Gasteiger partial charge in [0.1, 0.15) is 0 Å². The molecule has 7 nitrogen and oxygen atoms in total. The van der Waals surface area contributed by atoms with Gasteiger partial charge in [-0.2, -0.15) is 5.10 Å². The molecule has 1 saturated heterocycles. The van der Waals surface area contributed by atoms with E-state index < -0.39 is 11.9 Å². The molecule has 1 aliphatic heterocycles. The van der Waals surface area contributed by atoms with Gasteiger partial charge in [0.2, 0.25) is 0 Å². The normalized spacial score (nSPS) is 17.3. The molecule has 0 saturated carbocycles. The minimum absolute atomic E-state index is 0.238. The number of aryl methyl sites for hydroxylation is 1. The number of benzene rings is 1. The van der Waals surface area contributed by atoms with Crippen molar-refractivity contribution < 1.29 is 14.7 Å². The smallest absolute Gasteiger partial charge is 0.321 e. The third-order valence-corrected chi connectivity index (χ3v) is 4.05. The Balaban J connectivity index is 1.77. The molecule has 0 aliphatic carbocycles. The van der Waals surface area contributed by atoms with E-state index in [1.165, 1.54) is 4.90 Å². The molecule has 2 amide bonds. The number of hydrogen-bond donors (Lipinski definition) is 2. The Kier molecular flexibility index (Phi) is 4.01. The summed E-state index contributed by atoms with van der Waals surface area (Å²) in [5.41, 5.74) is 2.38. The third kappa shape index (κ3) is 3.03. The van der Waals surface area contributed by atoms with Gasteiger partial charge in [0.15, 0.2) is 0 Å². The number of likely N-dealkylation sites (tertiary alicyclic amines) is 1. The van der Waals surface area contributed by atoms with Crippen molar-refractivity contribution in [3.63, 3.8) is 0 Å². The first-order chi connectivity index (χ1) is 11.1. The highest BCUT2D eigenvalue weighted by molar-refractivity contribution is 5.94. The first-order valence-corrected chi connectivity index (χ1v) is 7.42. The van der Waals surface area contributed by atoms with E-state index >= 15 is 0 Å². The van der Waals surface area contributed by atoms with Crippen LogP contribution in [0.2, 0.25) is 0 Å². The molecule has 1 aromatic carbocycles. The van der Waals surface area contributed by atoms with E-state index in [0.29, 0.717) is 18.7 Å². The molecule has 0 radical (unpaired) electrons. The number of nitrogens with zero attached hydrogens (tertiary/aromatic N) is 3. The molecule has 3 rings (SSSR count). The number of carboxylic acid groups (broad SMARTS) is 1. The highest BCUT2D eigenvalue weighted by atomic mass is 16.4. The minimum Gasteiger partial charge on any atom is -0.481 e. The van der Waals surface area contributed by atoms with E-state index in [2.05, 4.69) is 10.4 Å². The van der Waals surface area contributed by atoms with Gasteiger partial charge in [0.05, 0.1) is 23.5 Å². The van der Waals surface area contributed by atoms with E-state index in [9.17, 15) is 9.59 Å². The standard InChI is InChI=1S/C16H18N4O3/c1-19-14(11-5-3-2-4-6-11)13(9-17-19)18-16(23)20-8-7-12(10-20)15(21)22/h2-6,9,12H,7-8,10H2,1H3,(H,18,23)(H,21,22). The highest BCUT2D eigenvalue weighted by Crippen LogP contribution is 2.27. The number of carboxylic acids is 1. The second-order valence-corrected chi connectivity index (χ2v) is 5.60. The van der Waals surface area contributed by atoms with Gasteiger partial charge in [0, 0.05) is 25.7 Å². The monoisotopic (exact) mass is 314 g/mol. The van der Waals surface area contributed by atoms with Crippen LogP contribution in [0.5, 0.6) is 0 Å². The maximum Gasteiger partial charge on any atom is 0.321 e. The van der Waals surface area contributed by atoms with E-state index in [4.69, 9.17) is 5.11 Å². The second-order valence-electron chi connectivity index (χ2n) is 5.60. The summed E-state index contributed by atoms with van der Waals surface area (Å²) >= 11 is 0. The Morgan fingerprint density at radius 2 is 2.04 bits per heavy atom. The van der Waals surface area contributed by atoms with E-state index in [1.807, 2.05) is 37.4 Å². The summed E-state index contributed by atoms with van der Waals surface area (Å²) in [6.07, 6.45) is 2.09. The first kappa shape index (κ1) is 15.1. The molecular formula is C16H18N4O3. The number of urea groups is 1. The molecule has 2 N–H and O–H groups in total. The van der Waals surface area contributed by atoms with Crippen LogP contribution in [0.3, 0.4) is 0 Å². The molecule has 0 bridgehead atoms. The van der Waals surface area contributed by atoms with Crippen LogP contribution in [0.15, 0.2) is 36.5 Å². The number of aromatic nitrogens is 2. The van der Waals surface area contributed by atoms with Crippen LogP contribution in [0.25, 0.3) is 11.3 Å². The zero-order valence-corrected chi connectivity index (χ0v) is 12.8. The third-order valence-electron chi connectivity index (χ3n) is 4.05. The van der Waals surface area contributed by atoms with Gasteiger partial charge in [-0.25, -0.2) is 4.79 Å². The first-order valence-electron chi connectivity index (χ1n) is 7.42. The molecule has 2 heterocycles. The fraction of sp³-hybridized carbons (Fsp3) is 0.312. The van der Waals surface area contributed by atoms with Crippen molar-refractivity contribution in [2.24, 2.45) is 13.0 Å². The average molecular weight is 314 g/mol.